The summed E-state index contributed by atoms with van der Waals surface area (Å²) >= 11 is 0. The van der Waals surface area contributed by atoms with Gasteiger partial charge in [-0.3, -0.25) is 0 Å². The lowest BCUT2D eigenvalue weighted by atomic mass is 10.1. The summed E-state index contributed by atoms with van der Waals surface area (Å²) in [6.45, 7) is 4.36. The second kappa shape index (κ2) is 8.17. The van der Waals surface area contributed by atoms with E-state index in [4.69, 9.17) is 9.47 Å². The first kappa shape index (κ1) is 18.3. The molecule has 2 aromatic rings. The monoisotopic (exact) mass is 349 g/mol. The lowest BCUT2D eigenvalue weighted by Gasteiger charge is -2.18. The summed E-state index contributed by atoms with van der Waals surface area (Å²) in [7, 11) is -2.01. The molecule has 0 saturated heterocycles. The largest absolute Gasteiger partial charge is 0.497 e. The van der Waals surface area contributed by atoms with Crippen LogP contribution in [-0.4, -0.2) is 22.1 Å². The van der Waals surface area contributed by atoms with Gasteiger partial charge < -0.3 is 9.47 Å². The van der Waals surface area contributed by atoms with E-state index >= 15 is 0 Å². The third kappa shape index (κ3) is 4.49. The molecule has 0 aromatic heterocycles. The molecule has 1 N–H and O–H groups in total. The maximum Gasteiger partial charge on any atom is 0.241 e. The number of rotatable bonds is 8. The molecule has 0 aliphatic rings. The lowest BCUT2D eigenvalue weighted by Crippen LogP contribution is -2.28. The maximum atomic E-state index is 12.6. The molecule has 2 rings (SSSR count). The number of nitrogens with one attached hydrogen (secondary N) is 1. The first-order chi connectivity index (χ1) is 11.5. The zero-order chi connectivity index (χ0) is 17.6. The van der Waals surface area contributed by atoms with E-state index < -0.39 is 10.0 Å². The van der Waals surface area contributed by atoms with Gasteiger partial charge in [-0.2, -0.15) is 0 Å². The number of ether oxygens (including phenoxy) is 2. The molecule has 6 heteroatoms. The van der Waals surface area contributed by atoms with Crippen LogP contribution >= 0.6 is 0 Å². The summed E-state index contributed by atoms with van der Waals surface area (Å²) in [5.74, 6) is 1.39. The van der Waals surface area contributed by atoms with Crippen LogP contribution in [0.3, 0.4) is 0 Å². The first-order valence-corrected chi connectivity index (χ1v) is 9.37. The fourth-order valence-corrected chi connectivity index (χ4v) is 3.67. The highest BCUT2D eigenvalue weighted by Gasteiger charge is 2.20. The van der Waals surface area contributed by atoms with Crippen molar-refractivity contribution in [1.29, 1.82) is 0 Å². The van der Waals surface area contributed by atoms with E-state index in [-0.39, 0.29) is 10.9 Å². The van der Waals surface area contributed by atoms with Gasteiger partial charge in [-0.15, -0.1) is 0 Å². The predicted octanol–water partition coefficient (Wildman–Crippen LogP) is 3.52. The fourth-order valence-electron chi connectivity index (χ4n) is 2.36. The van der Waals surface area contributed by atoms with Crippen LogP contribution in [0.1, 0.15) is 31.9 Å². The van der Waals surface area contributed by atoms with Crippen molar-refractivity contribution >= 4 is 10.0 Å². The van der Waals surface area contributed by atoms with Crippen molar-refractivity contribution < 1.29 is 17.9 Å². The number of methoxy groups -OCH3 is 1. The minimum absolute atomic E-state index is 0.220. The van der Waals surface area contributed by atoms with Gasteiger partial charge in [-0.25, -0.2) is 13.1 Å². The molecule has 2 aromatic carbocycles. The number of sulfonamides is 1. The Labute approximate surface area is 143 Å². The van der Waals surface area contributed by atoms with E-state index in [0.29, 0.717) is 18.8 Å². The van der Waals surface area contributed by atoms with Gasteiger partial charge in [-0.1, -0.05) is 19.1 Å². The summed E-state index contributed by atoms with van der Waals surface area (Å²) < 4.78 is 38.4. The van der Waals surface area contributed by atoms with Crippen LogP contribution in [0.2, 0.25) is 0 Å². The van der Waals surface area contributed by atoms with Gasteiger partial charge in [0, 0.05) is 6.04 Å². The Morgan fingerprint density at radius 3 is 2.04 bits per heavy atom. The third-order valence-electron chi connectivity index (χ3n) is 3.67. The quantitative estimate of drug-likeness (QED) is 0.792. The van der Waals surface area contributed by atoms with Crippen molar-refractivity contribution in [2.75, 3.05) is 13.7 Å². The molecule has 1 atom stereocenters. The van der Waals surface area contributed by atoms with Gasteiger partial charge in [0.25, 0.3) is 0 Å². The molecule has 0 aliphatic carbocycles. The van der Waals surface area contributed by atoms with E-state index in [1.165, 1.54) is 0 Å². The van der Waals surface area contributed by atoms with Crippen molar-refractivity contribution in [3.05, 3.63) is 54.1 Å². The van der Waals surface area contributed by atoms with Gasteiger partial charge in [0.1, 0.15) is 11.5 Å². The summed E-state index contributed by atoms with van der Waals surface area (Å²) in [5, 5.41) is 0. The number of benzene rings is 2. The molecule has 0 unspecified atom stereocenters. The van der Waals surface area contributed by atoms with Crippen LogP contribution in [0.15, 0.2) is 53.4 Å². The van der Waals surface area contributed by atoms with E-state index in [1.54, 1.807) is 31.4 Å². The van der Waals surface area contributed by atoms with Crippen molar-refractivity contribution in [3.8, 4) is 11.5 Å². The third-order valence-corrected chi connectivity index (χ3v) is 5.16. The average molecular weight is 349 g/mol. The van der Waals surface area contributed by atoms with Crippen LogP contribution in [0, 0.1) is 0 Å². The predicted molar refractivity (Wildman–Crippen MR) is 94.0 cm³/mol. The zero-order valence-corrected chi connectivity index (χ0v) is 15.0. The molecular weight excluding hydrogens is 326 g/mol. The molecule has 0 spiro atoms. The van der Waals surface area contributed by atoms with Crippen molar-refractivity contribution in [1.82, 2.24) is 4.72 Å². The van der Waals surface area contributed by atoms with Gasteiger partial charge in [-0.05, 0) is 55.3 Å². The maximum absolute atomic E-state index is 12.6. The molecule has 0 radical (unpaired) electrons. The molecule has 0 fully saturated rings. The minimum Gasteiger partial charge on any atom is -0.497 e. The SMILES string of the molecule is CCOc1ccc(S(=O)(=O)N[C@H](CC)c2ccc(OC)cc2)cc1. The van der Waals surface area contributed by atoms with Crippen LogP contribution in [0.25, 0.3) is 0 Å². The number of hydrogen-bond donors (Lipinski definition) is 1. The Morgan fingerprint density at radius 2 is 1.54 bits per heavy atom. The van der Waals surface area contributed by atoms with E-state index in [0.717, 1.165) is 11.3 Å². The van der Waals surface area contributed by atoms with E-state index in [1.807, 2.05) is 38.1 Å². The minimum atomic E-state index is -3.60. The average Bonchev–Trinajstić information content (AvgIpc) is 2.60. The van der Waals surface area contributed by atoms with Crippen molar-refractivity contribution in [3.63, 3.8) is 0 Å². The molecular formula is C18H23NO4S. The zero-order valence-electron chi connectivity index (χ0n) is 14.2. The molecule has 0 saturated carbocycles. The summed E-state index contributed by atoms with van der Waals surface area (Å²) in [6.07, 6.45) is 0.641. The van der Waals surface area contributed by atoms with E-state index in [2.05, 4.69) is 4.72 Å². The second-order valence-electron chi connectivity index (χ2n) is 5.26. The van der Waals surface area contributed by atoms with Crippen molar-refractivity contribution in [2.45, 2.75) is 31.2 Å². The van der Waals surface area contributed by atoms with Crippen LogP contribution in [0.4, 0.5) is 0 Å². The highest BCUT2D eigenvalue weighted by Crippen LogP contribution is 2.23. The summed E-state index contributed by atoms with van der Waals surface area (Å²) in [6, 6.07) is 13.5. The highest BCUT2D eigenvalue weighted by atomic mass is 32.2. The van der Waals surface area contributed by atoms with Gasteiger partial charge in [0.2, 0.25) is 10.0 Å². The Kier molecular flexibility index (Phi) is 6.23. The molecule has 0 aliphatic heterocycles. The standard InChI is InChI=1S/C18H23NO4S/c1-4-18(14-6-8-15(22-3)9-7-14)19-24(20,21)17-12-10-16(11-13-17)23-5-2/h6-13,18-19H,4-5H2,1-3H3/t18-/m1/s1. The molecule has 24 heavy (non-hydrogen) atoms. The molecule has 0 amide bonds. The molecule has 130 valence electrons. The number of hydrogen-bond acceptors (Lipinski definition) is 4. The smallest absolute Gasteiger partial charge is 0.241 e. The highest BCUT2D eigenvalue weighted by molar-refractivity contribution is 7.89. The molecule has 5 nitrogen and oxygen atoms in total. The Balaban J connectivity index is 2.18. The van der Waals surface area contributed by atoms with Gasteiger partial charge in [0.05, 0.1) is 18.6 Å². The Bertz CT molecular complexity index is 740. The van der Waals surface area contributed by atoms with Crippen LogP contribution in [-0.2, 0) is 10.0 Å². The van der Waals surface area contributed by atoms with Crippen molar-refractivity contribution in [2.24, 2.45) is 0 Å². The van der Waals surface area contributed by atoms with Crippen LogP contribution < -0.4 is 14.2 Å². The fraction of sp³-hybridized carbons (Fsp3) is 0.333. The normalized spacial score (nSPS) is 12.6. The lowest BCUT2D eigenvalue weighted by molar-refractivity contribution is 0.340. The summed E-state index contributed by atoms with van der Waals surface area (Å²) in [5.41, 5.74) is 0.896. The Hall–Kier alpha value is -2.05. The Morgan fingerprint density at radius 1 is 0.958 bits per heavy atom. The van der Waals surface area contributed by atoms with E-state index in [9.17, 15) is 8.42 Å². The second-order valence-corrected chi connectivity index (χ2v) is 6.97. The topological polar surface area (TPSA) is 64.6 Å². The van der Waals surface area contributed by atoms with Gasteiger partial charge in [0.15, 0.2) is 0 Å². The van der Waals surface area contributed by atoms with Crippen LogP contribution in [0.5, 0.6) is 11.5 Å². The van der Waals surface area contributed by atoms with Gasteiger partial charge >= 0.3 is 0 Å². The first-order valence-electron chi connectivity index (χ1n) is 7.89. The molecule has 0 bridgehead atoms. The molecule has 0 heterocycles. The summed E-state index contributed by atoms with van der Waals surface area (Å²) in [4.78, 5) is 0.220.